The Morgan fingerprint density at radius 1 is 1.47 bits per heavy atom. The molecule has 0 spiro atoms. The molecule has 0 bridgehead atoms. The fourth-order valence-electron chi connectivity index (χ4n) is 1.46. The van der Waals surface area contributed by atoms with Crippen LogP contribution in [0, 0.1) is 12.7 Å². The predicted octanol–water partition coefficient (Wildman–Crippen LogP) is 3.76. The molecule has 2 rings (SSSR count). The van der Waals surface area contributed by atoms with E-state index in [-0.39, 0.29) is 11.9 Å². The van der Waals surface area contributed by atoms with Gasteiger partial charge in [-0.3, -0.25) is 0 Å². The molecule has 0 aliphatic carbocycles. The lowest BCUT2D eigenvalue weighted by molar-refractivity contribution is 0.591. The van der Waals surface area contributed by atoms with Gasteiger partial charge in [0.05, 0.1) is 4.90 Å². The van der Waals surface area contributed by atoms with Crippen LogP contribution in [0.3, 0.4) is 0 Å². The van der Waals surface area contributed by atoms with Gasteiger partial charge < -0.3 is 5.73 Å². The Balaban J connectivity index is 2.37. The number of benzene rings is 1. The van der Waals surface area contributed by atoms with Gasteiger partial charge in [0.25, 0.3) is 0 Å². The molecule has 0 saturated carbocycles. The largest absolute Gasteiger partial charge is 0.324 e. The van der Waals surface area contributed by atoms with Crippen molar-refractivity contribution in [1.82, 2.24) is 4.98 Å². The zero-order valence-corrected chi connectivity index (χ0v) is 11.2. The average molecular weight is 268 g/mol. The van der Waals surface area contributed by atoms with Crippen LogP contribution >= 0.6 is 23.1 Å². The zero-order valence-electron chi connectivity index (χ0n) is 9.61. The molecule has 2 aromatic rings. The SMILES string of the molecule is Cc1csc(Sc2c(F)cccc2[C@H](C)N)n1. The molecule has 17 heavy (non-hydrogen) atoms. The summed E-state index contributed by atoms with van der Waals surface area (Å²) in [7, 11) is 0. The first-order chi connectivity index (χ1) is 8.08. The maximum absolute atomic E-state index is 13.8. The standard InChI is InChI=1S/C12H13FN2S2/c1-7-6-16-12(15-7)17-11-9(8(2)14)4-3-5-10(11)13/h3-6,8H,14H2,1-2H3/t8-/m0/s1. The third-order valence-electron chi connectivity index (χ3n) is 2.28. The van der Waals surface area contributed by atoms with Crippen molar-refractivity contribution in [2.24, 2.45) is 5.73 Å². The highest BCUT2D eigenvalue weighted by atomic mass is 32.2. The molecule has 1 aromatic heterocycles. The van der Waals surface area contributed by atoms with E-state index < -0.39 is 0 Å². The number of nitrogens with two attached hydrogens (primary N) is 1. The fourth-order valence-corrected chi connectivity index (χ4v) is 3.47. The van der Waals surface area contributed by atoms with E-state index in [0.717, 1.165) is 15.6 Å². The number of aromatic nitrogens is 1. The normalized spacial score (nSPS) is 12.7. The fraction of sp³-hybridized carbons (Fsp3) is 0.250. The summed E-state index contributed by atoms with van der Waals surface area (Å²) in [6, 6.07) is 4.81. The van der Waals surface area contributed by atoms with Crippen LogP contribution in [0.5, 0.6) is 0 Å². The molecule has 0 amide bonds. The van der Waals surface area contributed by atoms with Crippen molar-refractivity contribution in [3.05, 3.63) is 40.7 Å². The molecule has 0 aliphatic heterocycles. The van der Waals surface area contributed by atoms with Crippen LogP contribution < -0.4 is 5.73 Å². The molecule has 0 fully saturated rings. The van der Waals surface area contributed by atoms with Crippen LogP contribution in [0.2, 0.25) is 0 Å². The van der Waals surface area contributed by atoms with E-state index in [4.69, 9.17) is 5.73 Å². The summed E-state index contributed by atoms with van der Waals surface area (Å²) in [5.74, 6) is -0.238. The Hall–Kier alpha value is -0.910. The van der Waals surface area contributed by atoms with Crippen molar-refractivity contribution in [1.29, 1.82) is 0 Å². The van der Waals surface area contributed by atoms with Gasteiger partial charge in [-0.05, 0) is 25.5 Å². The minimum Gasteiger partial charge on any atom is -0.324 e. The monoisotopic (exact) mass is 268 g/mol. The average Bonchev–Trinajstić information content (AvgIpc) is 2.67. The highest BCUT2D eigenvalue weighted by molar-refractivity contribution is 8.01. The van der Waals surface area contributed by atoms with Crippen molar-refractivity contribution in [2.75, 3.05) is 0 Å². The molecule has 1 aromatic carbocycles. The summed E-state index contributed by atoms with van der Waals surface area (Å²) in [5, 5.41) is 1.95. The predicted molar refractivity (Wildman–Crippen MR) is 70.0 cm³/mol. The molecule has 0 aliphatic rings. The lowest BCUT2D eigenvalue weighted by Crippen LogP contribution is -2.07. The van der Waals surface area contributed by atoms with Crippen molar-refractivity contribution in [3.63, 3.8) is 0 Å². The van der Waals surface area contributed by atoms with Crippen LogP contribution in [0.1, 0.15) is 24.2 Å². The van der Waals surface area contributed by atoms with Gasteiger partial charge in [0.2, 0.25) is 0 Å². The van der Waals surface area contributed by atoms with E-state index in [1.165, 1.54) is 29.2 Å². The summed E-state index contributed by atoms with van der Waals surface area (Å²) in [5.41, 5.74) is 7.62. The molecule has 2 nitrogen and oxygen atoms in total. The first kappa shape index (κ1) is 12.5. The summed E-state index contributed by atoms with van der Waals surface area (Å²) < 4.78 is 14.6. The van der Waals surface area contributed by atoms with E-state index in [1.807, 2.05) is 25.3 Å². The lowest BCUT2D eigenvalue weighted by atomic mass is 10.1. The highest BCUT2D eigenvalue weighted by Gasteiger charge is 2.14. The molecular weight excluding hydrogens is 255 g/mol. The highest BCUT2D eigenvalue weighted by Crippen LogP contribution is 2.36. The van der Waals surface area contributed by atoms with E-state index in [9.17, 15) is 4.39 Å². The van der Waals surface area contributed by atoms with Crippen LogP contribution in [-0.4, -0.2) is 4.98 Å². The summed E-state index contributed by atoms with van der Waals surface area (Å²) in [6.07, 6.45) is 0. The molecule has 0 unspecified atom stereocenters. The van der Waals surface area contributed by atoms with Crippen molar-refractivity contribution in [2.45, 2.75) is 29.1 Å². The van der Waals surface area contributed by atoms with Crippen LogP contribution in [0.15, 0.2) is 32.8 Å². The molecule has 2 N–H and O–H groups in total. The molecular formula is C12H13FN2S2. The summed E-state index contributed by atoms with van der Waals surface area (Å²) >= 11 is 2.86. The molecule has 0 radical (unpaired) electrons. The van der Waals surface area contributed by atoms with E-state index in [2.05, 4.69) is 4.98 Å². The Labute approximate surface area is 108 Å². The first-order valence-electron chi connectivity index (χ1n) is 5.22. The van der Waals surface area contributed by atoms with E-state index >= 15 is 0 Å². The maximum atomic E-state index is 13.8. The van der Waals surface area contributed by atoms with Gasteiger partial charge in [-0.15, -0.1) is 11.3 Å². The second-order valence-corrected chi connectivity index (χ2v) is 5.92. The Bertz CT molecular complexity index is 523. The van der Waals surface area contributed by atoms with Gasteiger partial charge in [0.1, 0.15) is 5.82 Å². The van der Waals surface area contributed by atoms with E-state index in [0.29, 0.717) is 4.90 Å². The molecule has 1 atom stereocenters. The number of aryl methyl sites for hydroxylation is 1. The number of thiazole rings is 1. The van der Waals surface area contributed by atoms with Crippen molar-refractivity contribution < 1.29 is 4.39 Å². The van der Waals surface area contributed by atoms with Gasteiger partial charge in [0, 0.05) is 17.1 Å². The second kappa shape index (κ2) is 5.16. The van der Waals surface area contributed by atoms with Crippen LogP contribution in [0.25, 0.3) is 0 Å². The third-order valence-corrected chi connectivity index (χ3v) is 4.47. The quantitative estimate of drug-likeness (QED) is 0.921. The number of hydrogen-bond donors (Lipinski definition) is 1. The summed E-state index contributed by atoms with van der Waals surface area (Å²) in [4.78, 5) is 4.90. The van der Waals surface area contributed by atoms with Crippen LogP contribution in [0.4, 0.5) is 4.39 Å². The van der Waals surface area contributed by atoms with Gasteiger partial charge in [-0.2, -0.15) is 0 Å². The second-order valence-electron chi connectivity index (χ2n) is 3.80. The number of rotatable bonds is 3. The Kier molecular flexibility index (Phi) is 3.81. The molecule has 0 saturated heterocycles. The minimum atomic E-state index is -0.238. The Morgan fingerprint density at radius 3 is 2.82 bits per heavy atom. The third kappa shape index (κ3) is 2.86. The first-order valence-corrected chi connectivity index (χ1v) is 6.91. The van der Waals surface area contributed by atoms with Crippen molar-refractivity contribution >= 4 is 23.1 Å². The number of hydrogen-bond acceptors (Lipinski definition) is 4. The zero-order chi connectivity index (χ0) is 12.4. The number of halogens is 1. The maximum Gasteiger partial charge on any atom is 0.155 e. The van der Waals surface area contributed by atoms with E-state index in [1.54, 1.807) is 6.07 Å². The Morgan fingerprint density at radius 2 is 2.24 bits per heavy atom. The van der Waals surface area contributed by atoms with Gasteiger partial charge >= 0.3 is 0 Å². The molecule has 1 heterocycles. The van der Waals surface area contributed by atoms with Crippen molar-refractivity contribution in [3.8, 4) is 0 Å². The number of nitrogens with zero attached hydrogens (tertiary/aromatic N) is 1. The van der Waals surface area contributed by atoms with Crippen LogP contribution in [-0.2, 0) is 0 Å². The summed E-state index contributed by atoms with van der Waals surface area (Å²) in [6.45, 7) is 3.78. The van der Waals surface area contributed by atoms with Gasteiger partial charge in [0.15, 0.2) is 4.34 Å². The minimum absolute atomic E-state index is 0.186. The molecule has 90 valence electrons. The topological polar surface area (TPSA) is 38.9 Å². The smallest absolute Gasteiger partial charge is 0.155 e. The molecule has 5 heteroatoms. The van der Waals surface area contributed by atoms with Gasteiger partial charge in [-0.1, -0.05) is 23.9 Å². The van der Waals surface area contributed by atoms with Gasteiger partial charge in [-0.25, -0.2) is 9.37 Å². The lowest BCUT2D eigenvalue weighted by Gasteiger charge is -2.11.